The van der Waals surface area contributed by atoms with Gasteiger partial charge in [0, 0.05) is 42.3 Å². The molecule has 1 aliphatic heterocycles. The number of carbonyl (C=O) groups excluding carboxylic acids is 1. The Morgan fingerprint density at radius 3 is 2.57 bits per heavy atom. The number of sulfonamides is 1. The Labute approximate surface area is 286 Å². The van der Waals surface area contributed by atoms with Gasteiger partial charge in [-0.05, 0) is 85.3 Å². The van der Waals surface area contributed by atoms with E-state index in [1.807, 2.05) is 26.0 Å². The number of nitriles is 1. The fourth-order valence-electron chi connectivity index (χ4n) is 5.99. The quantitative estimate of drug-likeness (QED) is 0.0877. The van der Waals surface area contributed by atoms with Crippen LogP contribution >= 0.6 is 0 Å². The number of ether oxygens (including phenoxy) is 1. The SMILES string of the molecule is CC(C)COC(=O)c1[nH]c2ccc(F)cc2c1/C(N)=C/N(N)CC1CCN(CCNS(=O)(=O)c2ccc(-c3ccccc3C#N)cc2)CC1. The second kappa shape index (κ2) is 15.7. The van der Waals surface area contributed by atoms with Gasteiger partial charge in [0.2, 0.25) is 10.0 Å². The number of nitrogens with zero attached hydrogens (tertiary/aromatic N) is 3. The molecule has 6 N–H and O–H groups in total. The summed E-state index contributed by atoms with van der Waals surface area (Å²) in [4.78, 5) is 18.3. The molecule has 4 aromatic rings. The zero-order valence-electron chi connectivity index (χ0n) is 27.7. The van der Waals surface area contributed by atoms with Crippen LogP contribution in [0.1, 0.15) is 48.3 Å². The molecule has 0 bridgehead atoms. The first-order valence-electron chi connectivity index (χ1n) is 16.2. The molecule has 2 heterocycles. The lowest BCUT2D eigenvalue weighted by atomic mass is 9.96. The van der Waals surface area contributed by atoms with Gasteiger partial charge in [0.15, 0.2) is 0 Å². The highest BCUT2D eigenvalue weighted by Gasteiger charge is 2.24. The lowest BCUT2D eigenvalue weighted by molar-refractivity contribution is 0.0452. The van der Waals surface area contributed by atoms with Crippen molar-refractivity contribution in [2.75, 3.05) is 39.3 Å². The Morgan fingerprint density at radius 2 is 1.88 bits per heavy atom. The number of piperidine rings is 1. The first kappa shape index (κ1) is 35.6. The molecule has 1 aromatic heterocycles. The Bertz CT molecular complexity index is 1960. The number of aromatic amines is 1. The van der Waals surface area contributed by atoms with Crippen LogP contribution in [-0.4, -0.2) is 68.6 Å². The number of aromatic nitrogens is 1. The summed E-state index contributed by atoms with van der Waals surface area (Å²) >= 11 is 0. The van der Waals surface area contributed by atoms with Crippen LogP contribution in [0.25, 0.3) is 27.7 Å². The number of likely N-dealkylation sites (tertiary alicyclic amines) is 1. The monoisotopic (exact) mass is 687 g/mol. The second-order valence-corrected chi connectivity index (χ2v) is 14.5. The minimum atomic E-state index is -3.70. The highest BCUT2D eigenvalue weighted by atomic mass is 32.2. The minimum Gasteiger partial charge on any atom is -0.461 e. The Morgan fingerprint density at radius 1 is 1.16 bits per heavy atom. The zero-order chi connectivity index (χ0) is 35.1. The van der Waals surface area contributed by atoms with Gasteiger partial charge in [0.1, 0.15) is 11.5 Å². The summed E-state index contributed by atoms with van der Waals surface area (Å²) in [6.07, 6.45) is 3.26. The predicted octanol–water partition coefficient (Wildman–Crippen LogP) is 4.78. The minimum absolute atomic E-state index is 0.141. The van der Waals surface area contributed by atoms with Crippen molar-refractivity contribution in [3.05, 3.63) is 95.6 Å². The van der Waals surface area contributed by atoms with Crippen molar-refractivity contribution in [1.29, 1.82) is 5.26 Å². The standard InChI is InChI=1S/C36H42FN7O4S/c1-24(2)23-48-36(45)35-34(31-19-28(37)9-12-33(31)42-35)32(39)22-44(40)21-25-13-16-43(17-14-25)18-15-41-49(46,47)29-10-7-26(8-11-29)30-6-4-3-5-27(30)20-38/h3-12,19,22,24-25,41-42H,13-18,21,23,39-40H2,1-2H3/b32-22-. The maximum Gasteiger partial charge on any atom is 0.355 e. The molecule has 0 aliphatic carbocycles. The van der Waals surface area contributed by atoms with Gasteiger partial charge in [-0.15, -0.1) is 0 Å². The molecule has 0 radical (unpaired) electrons. The number of nitrogens with one attached hydrogen (secondary N) is 2. The van der Waals surface area contributed by atoms with Crippen molar-refractivity contribution in [1.82, 2.24) is 19.6 Å². The summed E-state index contributed by atoms with van der Waals surface area (Å²) in [6.45, 7) is 6.99. The third-order valence-electron chi connectivity index (χ3n) is 8.53. The maximum atomic E-state index is 14.2. The molecular weight excluding hydrogens is 646 g/mol. The second-order valence-electron chi connectivity index (χ2n) is 12.7. The van der Waals surface area contributed by atoms with Crippen LogP contribution in [0.3, 0.4) is 0 Å². The fourth-order valence-corrected chi connectivity index (χ4v) is 7.01. The first-order valence-corrected chi connectivity index (χ1v) is 17.7. The van der Waals surface area contributed by atoms with E-state index in [0.717, 1.165) is 37.1 Å². The van der Waals surface area contributed by atoms with Gasteiger partial charge in [-0.1, -0.05) is 44.2 Å². The molecule has 0 spiro atoms. The zero-order valence-corrected chi connectivity index (χ0v) is 28.5. The molecule has 0 amide bonds. The average Bonchev–Trinajstić information content (AvgIpc) is 3.47. The van der Waals surface area contributed by atoms with Gasteiger partial charge in [-0.2, -0.15) is 5.26 Å². The number of H-pyrrole nitrogens is 1. The van der Waals surface area contributed by atoms with E-state index in [1.54, 1.807) is 48.7 Å². The highest BCUT2D eigenvalue weighted by molar-refractivity contribution is 7.89. The van der Waals surface area contributed by atoms with Crippen LogP contribution in [0.4, 0.5) is 4.39 Å². The van der Waals surface area contributed by atoms with Gasteiger partial charge in [-0.25, -0.2) is 28.2 Å². The third kappa shape index (κ3) is 8.84. The normalized spacial score (nSPS) is 14.7. The van der Waals surface area contributed by atoms with E-state index >= 15 is 0 Å². The van der Waals surface area contributed by atoms with Crippen molar-refractivity contribution in [2.24, 2.45) is 23.4 Å². The number of fused-ring (bicyclic) bond motifs is 1. The van der Waals surface area contributed by atoms with Crippen LogP contribution < -0.4 is 16.3 Å². The predicted molar refractivity (Wildman–Crippen MR) is 187 cm³/mol. The number of carbonyl (C=O) groups is 1. The number of hydrazine groups is 1. The van der Waals surface area contributed by atoms with Gasteiger partial charge >= 0.3 is 5.97 Å². The molecule has 0 unspecified atom stereocenters. The number of hydrogen-bond acceptors (Lipinski definition) is 9. The third-order valence-corrected chi connectivity index (χ3v) is 10.0. The molecule has 258 valence electrons. The van der Waals surface area contributed by atoms with Crippen LogP contribution in [0.5, 0.6) is 0 Å². The van der Waals surface area contributed by atoms with E-state index in [1.165, 1.54) is 17.1 Å². The maximum absolute atomic E-state index is 14.2. The molecule has 5 rings (SSSR count). The largest absolute Gasteiger partial charge is 0.461 e. The van der Waals surface area contributed by atoms with Crippen LogP contribution in [0.2, 0.25) is 0 Å². The van der Waals surface area contributed by atoms with Gasteiger partial charge < -0.3 is 25.4 Å². The van der Waals surface area contributed by atoms with Crippen molar-refractivity contribution >= 4 is 32.6 Å². The molecule has 0 saturated carbocycles. The summed E-state index contributed by atoms with van der Waals surface area (Å²) in [5.41, 5.74) is 9.77. The molecular formula is C36H42FN7O4S. The van der Waals surface area contributed by atoms with E-state index in [4.69, 9.17) is 16.3 Å². The summed E-state index contributed by atoms with van der Waals surface area (Å²) in [5, 5.41) is 11.3. The van der Waals surface area contributed by atoms with Crippen molar-refractivity contribution in [2.45, 2.75) is 31.6 Å². The lowest BCUT2D eigenvalue weighted by Gasteiger charge is -2.33. The van der Waals surface area contributed by atoms with Gasteiger partial charge in [0.05, 0.1) is 28.8 Å². The topological polar surface area (TPSA) is 171 Å². The first-order chi connectivity index (χ1) is 23.4. The van der Waals surface area contributed by atoms with Crippen molar-refractivity contribution in [3.63, 3.8) is 0 Å². The molecule has 0 atom stereocenters. The van der Waals surface area contributed by atoms with Gasteiger partial charge in [0.25, 0.3) is 0 Å². The summed E-state index contributed by atoms with van der Waals surface area (Å²) in [6, 6.07) is 20.0. The molecule has 3 aromatic carbocycles. The fraction of sp³-hybridized carbons (Fsp3) is 0.333. The molecule has 1 fully saturated rings. The van der Waals surface area contributed by atoms with E-state index in [-0.39, 0.29) is 41.3 Å². The molecule has 49 heavy (non-hydrogen) atoms. The van der Waals surface area contributed by atoms with Crippen molar-refractivity contribution in [3.8, 4) is 17.2 Å². The number of nitrogens with two attached hydrogens (primary N) is 2. The number of hydrogen-bond donors (Lipinski definition) is 4. The highest BCUT2D eigenvalue weighted by Crippen LogP contribution is 2.29. The Hall–Kier alpha value is -4.74. The van der Waals surface area contributed by atoms with Crippen LogP contribution in [0.15, 0.2) is 77.8 Å². The van der Waals surface area contributed by atoms with E-state index in [0.29, 0.717) is 35.1 Å². The molecule has 1 aliphatic rings. The lowest BCUT2D eigenvalue weighted by Crippen LogP contribution is -2.42. The van der Waals surface area contributed by atoms with E-state index < -0.39 is 21.8 Å². The smallest absolute Gasteiger partial charge is 0.355 e. The summed E-state index contributed by atoms with van der Waals surface area (Å²) in [7, 11) is -3.70. The summed E-state index contributed by atoms with van der Waals surface area (Å²) < 4.78 is 48.2. The van der Waals surface area contributed by atoms with Crippen molar-refractivity contribution < 1.29 is 22.3 Å². The van der Waals surface area contributed by atoms with Crippen LogP contribution in [-0.2, 0) is 14.8 Å². The van der Waals surface area contributed by atoms with E-state index in [2.05, 4.69) is 20.7 Å². The molecule has 1 saturated heterocycles. The molecule has 11 nitrogen and oxygen atoms in total. The summed E-state index contributed by atoms with van der Waals surface area (Å²) in [5.74, 6) is 5.73. The number of benzene rings is 3. The number of halogens is 1. The van der Waals surface area contributed by atoms with Gasteiger partial charge in [-0.3, -0.25) is 0 Å². The molecule has 13 heteroatoms. The number of esters is 1. The van der Waals surface area contributed by atoms with Crippen LogP contribution in [0, 0.1) is 29.0 Å². The number of rotatable bonds is 13. The Kier molecular flexibility index (Phi) is 11.4. The average molecular weight is 688 g/mol. The van der Waals surface area contributed by atoms with E-state index in [9.17, 15) is 22.9 Å². The Balaban J connectivity index is 1.13.